The van der Waals surface area contributed by atoms with Crippen LogP contribution in [0.1, 0.15) is 46.8 Å². The lowest BCUT2D eigenvalue weighted by Gasteiger charge is -2.16. The van der Waals surface area contributed by atoms with Gasteiger partial charge in [-0.15, -0.1) is 0 Å². The lowest BCUT2D eigenvalue weighted by atomic mass is 9.92. The molecule has 0 bridgehead atoms. The number of rotatable bonds is 2. The molecule has 32 heavy (non-hydrogen) atoms. The smallest absolute Gasteiger partial charge is 0.364 e. The minimum atomic E-state index is -4.19. The molecule has 1 aromatic carbocycles. The van der Waals surface area contributed by atoms with Gasteiger partial charge in [-0.3, -0.25) is 14.6 Å². The Bertz CT molecular complexity index is 1200. The summed E-state index contributed by atoms with van der Waals surface area (Å²) in [5.41, 5.74) is 6.02. The third kappa shape index (κ3) is 4.79. The largest absolute Gasteiger partial charge is 0.391 e. The molecule has 2 heterocycles. The number of hydrogen-bond acceptors (Lipinski definition) is 3. The molecule has 170 valence electrons. The van der Waals surface area contributed by atoms with Gasteiger partial charge in [-0.05, 0) is 55.4 Å². The van der Waals surface area contributed by atoms with Crippen molar-refractivity contribution in [2.75, 3.05) is 0 Å². The first-order valence-corrected chi connectivity index (χ1v) is 9.78. The van der Waals surface area contributed by atoms with Gasteiger partial charge in [0.15, 0.2) is 17.1 Å². The van der Waals surface area contributed by atoms with Gasteiger partial charge in [0.25, 0.3) is 5.91 Å². The SMILES string of the molecule is Cc1c(C2CCC(C(F)(F)F)C2)ccc(F)c1F.NC(=O)c1nccc2[nH]ccc(=O)c12. The number of aromatic amines is 1. The van der Waals surface area contributed by atoms with Gasteiger partial charge in [0, 0.05) is 18.5 Å². The molecule has 1 fully saturated rings. The zero-order valence-electron chi connectivity index (χ0n) is 17.0. The summed E-state index contributed by atoms with van der Waals surface area (Å²) in [5, 5.41) is 0.238. The van der Waals surface area contributed by atoms with Crippen LogP contribution in [0.2, 0.25) is 0 Å². The van der Waals surface area contributed by atoms with Crippen molar-refractivity contribution in [1.29, 1.82) is 0 Å². The van der Waals surface area contributed by atoms with Gasteiger partial charge in [0.1, 0.15) is 5.69 Å². The van der Waals surface area contributed by atoms with Gasteiger partial charge >= 0.3 is 6.18 Å². The second kappa shape index (κ2) is 9.05. The van der Waals surface area contributed by atoms with E-state index in [1.165, 1.54) is 31.5 Å². The molecule has 2 aromatic heterocycles. The highest BCUT2D eigenvalue weighted by Gasteiger charge is 2.44. The molecule has 2 unspecified atom stereocenters. The molecule has 3 aromatic rings. The Hall–Kier alpha value is -3.30. The van der Waals surface area contributed by atoms with Crippen molar-refractivity contribution in [1.82, 2.24) is 9.97 Å². The molecule has 1 amide bonds. The van der Waals surface area contributed by atoms with Gasteiger partial charge < -0.3 is 10.7 Å². The van der Waals surface area contributed by atoms with E-state index in [0.29, 0.717) is 17.5 Å². The second-order valence-corrected chi connectivity index (χ2v) is 7.61. The normalized spacial score (nSPS) is 18.3. The highest BCUT2D eigenvalue weighted by molar-refractivity contribution is 6.03. The predicted octanol–water partition coefficient (Wildman–Crippen LogP) is 4.74. The van der Waals surface area contributed by atoms with Crippen molar-refractivity contribution >= 4 is 16.8 Å². The topological polar surface area (TPSA) is 88.8 Å². The first-order valence-electron chi connectivity index (χ1n) is 9.78. The number of primary amides is 1. The molecule has 1 aliphatic carbocycles. The summed E-state index contributed by atoms with van der Waals surface area (Å²) in [4.78, 5) is 29.0. The maximum atomic E-state index is 13.4. The van der Waals surface area contributed by atoms with Crippen molar-refractivity contribution in [3.05, 3.63) is 75.3 Å². The summed E-state index contributed by atoms with van der Waals surface area (Å²) in [7, 11) is 0. The highest BCUT2D eigenvalue weighted by atomic mass is 19.4. The molecular weight excluding hydrogens is 433 g/mol. The van der Waals surface area contributed by atoms with Gasteiger partial charge in [0.05, 0.1) is 16.8 Å². The van der Waals surface area contributed by atoms with Crippen LogP contribution < -0.4 is 11.2 Å². The number of amides is 1. The molecule has 4 rings (SSSR count). The average molecular weight is 453 g/mol. The number of hydrogen-bond donors (Lipinski definition) is 2. The Labute approximate surface area is 179 Å². The number of nitrogens with two attached hydrogens (primary N) is 1. The molecule has 5 nitrogen and oxygen atoms in total. The molecule has 1 saturated carbocycles. The third-order valence-corrected chi connectivity index (χ3v) is 5.62. The minimum absolute atomic E-state index is 0.00403. The summed E-state index contributed by atoms with van der Waals surface area (Å²) in [6, 6.07) is 5.33. The number of pyridine rings is 2. The van der Waals surface area contributed by atoms with Crippen molar-refractivity contribution in [2.24, 2.45) is 11.7 Å². The van der Waals surface area contributed by atoms with Crippen LogP contribution in [0.3, 0.4) is 0 Å². The highest BCUT2D eigenvalue weighted by Crippen LogP contribution is 2.46. The molecule has 0 saturated heterocycles. The Morgan fingerprint density at radius 3 is 2.50 bits per heavy atom. The predicted molar refractivity (Wildman–Crippen MR) is 108 cm³/mol. The van der Waals surface area contributed by atoms with Crippen LogP contribution in [0.25, 0.3) is 10.9 Å². The molecule has 0 spiro atoms. The van der Waals surface area contributed by atoms with Gasteiger partial charge in [-0.25, -0.2) is 8.78 Å². The quantitative estimate of drug-likeness (QED) is 0.550. The minimum Gasteiger partial charge on any atom is -0.364 e. The lowest BCUT2D eigenvalue weighted by molar-refractivity contribution is -0.172. The maximum absolute atomic E-state index is 13.4. The van der Waals surface area contributed by atoms with Crippen molar-refractivity contribution < 1.29 is 26.7 Å². The molecule has 1 aliphatic rings. The van der Waals surface area contributed by atoms with Crippen LogP contribution in [0.5, 0.6) is 0 Å². The Morgan fingerprint density at radius 2 is 1.88 bits per heavy atom. The summed E-state index contributed by atoms with van der Waals surface area (Å²) in [5.74, 6) is -4.27. The van der Waals surface area contributed by atoms with Crippen LogP contribution >= 0.6 is 0 Å². The molecule has 0 aliphatic heterocycles. The summed E-state index contributed by atoms with van der Waals surface area (Å²) >= 11 is 0. The number of fused-ring (bicyclic) bond motifs is 1. The molecule has 3 N–H and O–H groups in total. The monoisotopic (exact) mass is 453 g/mol. The first kappa shape index (κ1) is 23.4. The van der Waals surface area contributed by atoms with E-state index in [1.807, 2.05) is 0 Å². The zero-order chi connectivity index (χ0) is 23.6. The van der Waals surface area contributed by atoms with E-state index in [1.54, 1.807) is 6.07 Å². The van der Waals surface area contributed by atoms with Crippen LogP contribution in [-0.2, 0) is 0 Å². The van der Waals surface area contributed by atoms with Crippen molar-refractivity contribution in [3.8, 4) is 0 Å². The van der Waals surface area contributed by atoms with Crippen LogP contribution in [0.4, 0.5) is 22.0 Å². The number of alkyl halides is 3. The number of halogens is 5. The Kier molecular flexibility index (Phi) is 6.61. The maximum Gasteiger partial charge on any atom is 0.391 e. The fraction of sp³-hybridized carbons (Fsp3) is 0.318. The average Bonchev–Trinajstić information content (AvgIpc) is 3.23. The Morgan fingerprint density at radius 1 is 1.16 bits per heavy atom. The van der Waals surface area contributed by atoms with Crippen LogP contribution in [0.15, 0.2) is 41.5 Å². The fourth-order valence-corrected chi connectivity index (χ4v) is 3.98. The number of nitrogens with zero attached hydrogens (tertiary/aromatic N) is 1. The molecule has 0 radical (unpaired) electrons. The first-order chi connectivity index (χ1) is 15.0. The number of carbonyl (C=O) groups is 1. The second-order valence-electron chi connectivity index (χ2n) is 7.61. The standard InChI is InChI=1S/C13H13F5.C9H7N3O2/c1-7-10(4-5-11(14)12(7)15)8-2-3-9(6-8)13(16,17)18;10-9(14)8-7-5(1-3-12-8)11-4-2-6(7)13/h4-5,8-9H,2-3,6H2,1H3;1-4H,(H2,10,14)(H,11,13). The van der Waals surface area contributed by atoms with Gasteiger partial charge in [-0.1, -0.05) is 6.07 Å². The van der Waals surface area contributed by atoms with Gasteiger partial charge in [-0.2, -0.15) is 13.2 Å². The van der Waals surface area contributed by atoms with Crippen molar-refractivity contribution in [3.63, 3.8) is 0 Å². The number of aromatic nitrogens is 2. The Balaban J connectivity index is 0.000000186. The van der Waals surface area contributed by atoms with E-state index in [2.05, 4.69) is 9.97 Å². The van der Waals surface area contributed by atoms with E-state index in [9.17, 15) is 31.5 Å². The van der Waals surface area contributed by atoms with E-state index in [0.717, 1.165) is 6.07 Å². The van der Waals surface area contributed by atoms with E-state index in [-0.39, 0.29) is 40.8 Å². The van der Waals surface area contributed by atoms with E-state index >= 15 is 0 Å². The van der Waals surface area contributed by atoms with E-state index < -0.39 is 29.6 Å². The summed E-state index contributed by atoms with van der Waals surface area (Å²) in [6.45, 7) is 1.41. The van der Waals surface area contributed by atoms with Gasteiger partial charge in [0.2, 0.25) is 0 Å². The molecule has 2 atom stereocenters. The van der Waals surface area contributed by atoms with Crippen molar-refractivity contribution in [2.45, 2.75) is 38.3 Å². The number of H-pyrrole nitrogens is 1. The number of nitrogens with one attached hydrogen (secondary N) is 1. The third-order valence-electron chi connectivity index (χ3n) is 5.62. The molecular formula is C22H20F5N3O2. The molecule has 10 heteroatoms. The fourth-order valence-electron chi connectivity index (χ4n) is 3.98. The van der Waals surface area contributed by atoms with E-state index in [4.69, 9.17) is 5.73 Å². The lowest BCUT2D eigenvalue weighted by Crippen LogP contribution is -2.19. The van der Waals surface area contributed by atoms with Crippen LogP contribution in [0, 0.1) is 24.5 Å². The number of carbonyl (C=O) groups excluding carboxylic acids is 1. The number of benzene rings is 1. The summed E-state index contributed by atoms with van der Waals surface area (Å²) in [6.07, 6.45) is -0.854. The summed E-state index contributed by atoms with van der Waals surface area (Å²) < 4.78 is 64.0. The zero-order valence-corrected chi connectivity index (χ0v) is 17.0. The van der Waals surface area contributed by atoms with Crippen LogP contribution in [-0.4, -0.2) is 22.1 Å².